The first-order valence-corrected chi connectivity index (χ1v) is 12.1. The van der Waals surface area contributed by atoms with Gasteiger partial charge in [0.25, 0.3) is 0 Å². The molecule has 1 N–H and O–H groups in total. The summed E-state index contributed by atoms with van der Waals surface area (Å²) in [5.41, 5.74) is 4.33. The van der Waals surface area contributed by atoms with Crippen LogP contribution in [0.4, 0.5) is 5.95 Å². The van der Waals surface area contributed by atoms with Crippen molar-refractivity contribution in [2.75, 3.05) is 24.5 Å². The molecule has 1 aliphatic heterocycles. The lowest BCUT2D eigenvalue weighted by molar-refractivity contribution is 0.419. The van der Waals surface area contributed by atoms with Crippen molar-refractivity contribution in [1.29, 1.82) is 0 Å². The molecule has 2 aromatic carbocycles. The molecule has 0 spiro atoms. The molecule has 0 bridgehead atoms. The number of hydrogen-bond acceptors (Lipinski definition) is 5. The van der Waals surface area contributed by atoms with Crippen LogP contribution in [0, 0.1) is 6.92 Å². The van der Waals surface area contributed by atoms with E-state index in [1.165, 1.54) is 0 Å². The molecule has 0 saturated carbocycles. The number of piperidine rings is 1. The van der Waals surface area contributed by atoms with Crippen molar-refractivity contribution in [2.45, 2.75) is 32.7 Å². The highest BCUT2D eigenvalue weighted by molar-refractivity contribution is 6.33. The fraction of sp³-hybridized carbons (Fsp3) is 0.320. The van der Waals surface area contributed by atoms with E-state index in [-0.39, 0.29) is 0 Å². The van der Waals surface area contributed by atoms with E-state index in [4.69, 9.17) is 38.3 Å². The monoisotopic (exact) mass is 480 g/mol. The fourth-order valence-electron chi connectivity index (χ4n) is 4.52. The zero-order valence-electron chi connectivity index (χ0n) is 18.7. The predicted molar refractivity (Wildman–Crippen MR) is 135 cm³/mol. The largest absolute Gasteiger partial charge is 0.341 e. The van der Waals surface area contributed by atoms with Gasteiger partial charge >= 0.3 is 0 Å². The Morgan fingerprint density at radius 3 is 2.42 bits per heavy atom. The van der Waals surface area contributed by atoms with E-state index in [1.807, 2.05) is 60.0 Å². The zero-order chi connectivity index (χ0) is 22.9. The molecule has 1 fully saturated rings. The van der Waals surface area contributed by atoms with E-state index in [2.05, 4.69) is 17.1 Å². The van der Waals surface area contributed by atoms with Crippen molar-refractivity contribution in [3.8, 4) is 22.4 Å². The van der Waals surface area contributed by atoms with Crippen molar-refractivity contribution in [1.82, 2.24) is 24.9 Å². The molecule has 0 aliphatic carbocycles. The number of hydrogen-bond donors (Lipinski definition) is 1. The number of anilines is 1. The maximum absolute atomic E-state index is 6.61. The van der Waals surface area contributed by atoms with E-state index in [9.17, 15) is 0 Å². The summed E-state index contributed by atoms with van der Waals surface area (Å²) in [6, 6.07) is 16.1. The normalized spacial score (nSPS) is 14.8. The maximum Gasteiger partial charge on any atom is 0.230 e. The Morgan fingerprint density at radius 1 is 1.00 bits per heavy atom. The molecule has 2 aromatic heterocycles. The van der Waals surface area contributed by atoms with Gasteiger partial charge in [0.2, 0.25) is 5.95 Å². The van der Waals surface area contributed by atoms with E-state index in [1.54, 1.807) is 0 Å². The van der Waals surface area contributed by atoms with Gasteiger partial charge in [-0.2, -0.15) is 14.6 Å². The molecule has 0 atom stereocenters. The molecule has 6 nitrogen and oxygen atoms in total. The van der Waals surface area contributed by atoms with E-state index in [0.29, 0.717) is 21.9 Å². The standard InChI is InChI=1S/C25H26Cl2N6/c1-3-28-19-12-14-32(15-13-19)25-30-16(2)29-24-22(17-8-10-18(26)11-9-17)23(31-33(24)25)20-6-4-5-7-21(20)27/h4-11,19,28H,3,12-15H2,1-2H3. The number of halogens is 2. The molecule has 3 heterocycles. The fourth-order valence-corrected chi connectivity index (χ4v) is 4.87. The van der Waals surface area contributed by atoms with Crippen LogP contribution in [0.5, 0.6) is 0 Å². The predicted octanol–water partition coefficient (Wildman–Crippen LogP) is 5.65. The molecule has 4 aromatic rings. The molecule has 1 aliphatic rings. The molecule has 0 unspecified atom stereocenters. The van der Waals surface area contributed by atoms with Gasteiger partial charge in [0.15, 0.2) is 5.65 Å². The average Bonchev–Trinajstić information content (AvgIpc) is 3.19. The number of benzene rings is 2. The Balaban J connectivity index is 1.70. The Kier molecular flexibility index (Phi) is 6.23. The van der Waals surface area contributed by atoms with Gasteiger partial charge < -0.3 is 10.2 Å². The van der Waals surface area contributed by atoms with Crippen molar-refractivity contribution in [3.05, 3.63) is 64.4 Å². The second kappa shape index (κ2) is 9.29. The molecule has 0 amide bonds. The van der Waals surface area contributed by atoms with Crippen molar-refractivity contribution < 1.29 is 0 Å². The third-order valence-corrected chi connectivity index (χ3v) is 6.69. The van der Waals surface area contributed by atoms with Gasteiger partial charge in [0.05, 0.1) is 10.6 Å². The summed E-state index contributed by atoms with van der Waals surface area (Å²) >= 11 is 12.8. The van der Waals surface area contributed by atoms with E-state index in [0.717, 1.165) is 66.5 Å². The SMILES string of the molecule is CCNC1CCN(c2nc(C)nc3c(-c4ccc(Cl)cc4)c(-c4ccccc4Cl)nn23)CC1. The van der Waals surface area contributed by atoms with Gasteiger partial charge in [0, 0.05) is 29.7 Å². The lowest BCUT2D eigenvalue weighted by atomic mass is 10.0. The molecule has 170 valence electrons. The van der Waals surface area contributed by atoms with Crippen LogP contribution in [0.2, 0.25) is 10.0 Å². The summed E-state index contributed by atoms with van der Waals surface area (Å²) in [7, 11) is 0. The minimum atomic E-state index is 0.547. The second-order valence-corrected chi connectivity index (χ2v) is 9.18. The van der Waals surface area contributed by atoms with Gasteiger partial charge in [-0.1, -0.05) is 60.5 Å². The highest BCUT2D eigenvalue weighted by Crippen LogP contribution is 2.39. The first kappa shape index (κ1) is 22.1. The van der Waals surface area contributed by atoms with Crippen molar-refractivity contribution >= 4 is 34.8 Å². The van der Waals surface area contributed by atoms with E-state index < -0.39 is 0 Å². The Morgan fingerprint density at radius 2 is 1.73 bits per heavy atom. The Labute approximate surface area is 203 Å². The van der Waals surface area contributed by atoms with Crippen molar-refractivity contribution in [2.24, 2.45) is 0 Å². The average molecular weight is 481 g/mol. The van der Waals surface area contributed by atoms with Crippen LogP contribution in [0.1, 0.15) is 25.6 Å². The third kappa shape index (κ3) is 4.31. The maximum atomic E-state index is 6.61. The van der Waals surface area contributed by atoms with Crippen LogP contribution in [-0.2, 0) is 0 Å². The molecule has 5 rings (SSSR count). The quantitative estimate of drug-likeness (QED) is 0.399. The number of aryl methyl sites for hydroxylation is 1. The van der Waals surface area contributed by atoms with Crippen molar-refractivity contribution in [3.63, 3.8) is 0 Å². The molecular formula is C25H26Cl2N6. The van der Waals surface area contributed by atoms with Crippen LogP contribution in [0.25, 0.3) is 28.0 Å². The summed E-state index contributed by atoms with van der Waals surface area (Å²) < 4.78 is 1.88. The zero-order valence-corrected chi connectivity index (χ0v) is 20.2. The summed E-state index contributed by atoms with van der Waals surface area (Å²) in [5.74, 6) is 1.54. The van der Waals surface area contributed by atoms with Crippen LogP contribution in [-0.4, -0.2) is 45.3 Å². The highest BCUT2D eigenvalue weighted by atomic mass is 35.5. The number of rotatable bonds is 5. The van der Waals surface area contributed by atoms with Gasteiger partial charge in [-0.3, -0.25) is 0 Å². The summed E-state index contributed by atoms with van der Waals surface area (Å²) in [6.07, 6.45) is 2.14. The topological polar surface area (TPSA) is 58.3 Å². The minimum Gasteiger partial charge on any atom is -0.341 e. The number of nitrogens with one attached hydrogen (secondary N) is 1. The molecule has 0 radical (unpaired) electrons. The minimum absolute atomic E-state index is 0.547. The highest BCUT2D eigenvalue weighted by Gasteiger charge is 2.26. The molecular weight excluding hydrogens is 455 g/mol. The van der Waals surface area contributed by atoms with Gasteiger partial charge in [-0.15, -0.1) is 0 Å². The van der Waals surface area contributed by atoms with Gasteiger partial charge in [0.1, 0.15) is 11.5 Å². The van der Waals surface area contributed by atoms with Crippen LogP contribution >= 0.6 is 23.2 Å². The number of nitrogens with zero attached hydrogens (tertiary/aromatic N) is 5. The Hall–Kier alpha value is -2.67. The molecule has 33 heavy (non-hydrogen) atoms. The Bertz CT molecular complexity index is 1280. The third-order valence-electron chi connectivity index (χ3n) is 6.11. The summed E-state index contributed by atoms with van der Waals surface area (Å²) in [4.78, 5) is 11.9. The smallest absolute Gasteiger partial charge is 0.230 e. The van der Waals surface area contributed by atoms with Crippen LogP contribution < -0.4 is 10.2 Å². The van der Waals surface area contributed by atoms with E-state index >= 15 is 0 Å². The summed E-state index contributed by atoms with van der Waals surface area (Å²) in [5, 5.41) is 9.93. The molecule has 1 saturated heterocycles. The lowest BCUT2D eigenvalue weighted by Gasteiger charge is -2.33. The summed E-state index contributed by atoms with van der Waals surface area (Å²) in [6.45, 7) is 6.92. The second-order valence-electron chi connectivity index (χ2n) is 8.34. The van der Waals surface area contributed by atoms with Gasteiger partial charge in [-0.25, -0.2) is 4.98 Å². The molecule has 8 heteroatoms. The first-order valence-electron chi connectivity index (χ1n) is 11.3. The van der Waals surface area contributed by atoms with Crippen LogP contribution in [0.3, 0.4) is 0 Å². The number of aromatic nitrogens is 4. The van der Waals surface area contributed by atoms with Gasteiger partial charge in [-0.05, 0) is 50.1 Å². The lowest BCUT2D eigenvalue weighted by Crippen LogP contribution is -2.43. The van der Waals surface area contributed by atoms with Crippen LogP contribution in [0.15, 0.2) is 48.5 Å². The first-order chi connectivity index (χ1) is 16.0. The number of fused-ring (bicyclic) bond motifs is 1.